The molecule has 1 aromatic heterocycles. The molecule has 2 rings (SSSR count). The Morgan fingerprint density at radius 2 is 2.53 bits per heavy atom. The number of anilines is 1. The Labute approximate surface area is 112 Å². The van der Waals surface area contributed by atoms with Gasteiger partial charge in [-0.05, 0) is 37.7 Å². The molecule has 0 amide bonds. The first-order valence-electron chi connectivity index (χ1n) is 5.73. The fraction of sp³-hybridized carbons (Fsp3) is 0.500. The zero-order valence-electron chi connectivity index (χ0n) is 9.90. The highest BCUT2D eigenvalue weighted by Crippen LogP contribution is 2.37. The highest BCUT2D eigenvalue weighted by Gasteiger charge is 2.29. The van der Waals surface area contributed by atoms with Gasteiger partial charge in [0.15, 0.2) is 0 Å². The number of pyridine rings is 1. The van der Waals surface area contributed by atoms with Crippen LogP contribution in [0.15, 0.2) is 18.3 Å². The van der Waals surface area contributed by atoms with E-state index in [4.69, 9.17) is 18.0 Å². The fourth-order valence-corrected chi connectivity index (χ4v) is 3.41. The minimum Gasteiger partial charge on any atom is -0.388 e. The Bertz CT molecular complexity index is 414. The number of nitrogens with one attached hydrogen (secondary N) is 1. The van der Waals surface area contributed by atoms with Gasteiger partial charge in [-0.2, -0.15) is 11.8 Å². The van der Waals surface area contributed by atoms with Crippen molar-refractivity contribution in [1.82, 2.24) is 4.98 Å². The number of thiocarbonyl (C=S) groups is 1. The average Bonchev–Trinajstić information content (AvgIpc) is 2.74. The van der Waals surface area contributed by atoms with Crippen molar-refractivity contribution >= 4 is 34.7 Å². The number of hydrogen-bond acceptors (Lipinski definition) is 4. The first kappa shape index (κ1) is 12.6. The standard InChI is InChI=1S/C12H17N3S2/c1-12(5-3-7-17-12)8-15-9-4-2-6-14-10(9)11(13)16/h2,4,6,15H,3,5,7-8H2,1H3,(H2,13,16). The molecule has 17 heavy (non-hydrogen) atoms. The third-order valence-corrected chi connectivity index (χ3v) is 4.73. The Morgan fingerprint density at radius 1 is 1.71 bits per heavy atom. The third kappa shape index (κ3) is 3.10. The Morgan fingerprint density at radius 3 is 3.18 bits per heavy atom. The highest BCUT2D eigenvalue weighted by atomic mass is 32.2. The smallest absolute Gasteiger partial charge is 0.124 e. The normalized spacial score (nSPS) is 23.6. The summed E-state index contributed by atoms with van der Waals surface area (Å²) in [7, 11) is 0. The molecule has 0 aromatic carbocycles. The molecular formula is C12H17N3S2. The number of hydrogen-bond donors (Lipinski definition) is 2. The monoisotopic (exact) mass is 267 g/mol. The molecule has 3 N–H and O–H groups in total. The Balaban J connectivity index is 2.06. The van der Waals surface area contributed by atoms with Crippen molar-refractivity contribution in [3.05, 3.63) is 24.0 Å². The van der Waals surface area contributed by atoms with Crippen molar-refractivity contribution in [3.63, 3.8) is 0 Å². The predicted octanol–water partition coefficient (Wildman–Crippen LogP) is 2.41. The maximum Gasteiger partial charge on any atom is 0.124 e. The molecule has 1 fully saturated rings. The van der Waals surface area contributed by atoms with Crippen LogP contribution in [0.2, 0.25) is 0 Å². The molecule has 5 heteroatoms. The van der Waals surface area contributed by atoms with Crippen LogP contribution in [0.1, 0.15) is 25.5 Å². The molecule has 1 aliphatic heterocycles. The lowest BCUT2D eigenvalue weighted by Crippen LogP contribution is -2.28. The summed E-state index contributed by atoms with van der Waals surface area (Å²) in [6.45, 7) is 3.23. The van der Waals surface area contributed by atoms with E-state index in [0.29, 0.717) is 15.4 Å². The molecule has 3 nitrogen and oxygen atoms in total. The fourth-order valence-electron chi connectivity index (χ4n) is 2.00. The summed E-state index contributed by atoms with van der Waals surface area (Å²) in [6, 6.07) is 3.87. The highest BCUT2D eigenvalue weighted by molar-refractivity contribution is 8.00. The van der Waals surface area contributed by atoms with E-state index in [-0.39, 0.29) is 0 Å². The van der Waals surface area contributed by atoms with E-state index in [0.717, 1.165) is 12.2 Å². The average molecular weight is 267 g/mol. The number of nitrogens with two attached hydrogens (primary N) is 1. The minimum atomic E-state index is 0.323. The predicted molar refractivity (Wildman–Crippen MR) is 78.7 cm³/mol. The van der Waals surface area contributed by atoms with Crippen LogP contribution >= 0.6 is 24.0 Å². The lowest BCUT2D eigenvalue weighted by atomic mass is 10.1. The van der Waals surface area contributed by atoms with Gasteiger partial charge in [-0.3, -0.25) is 4.98 Å². The van der Waals surface area contributed by atoms with Gasteiger partial charge in [0.25, 0.3) is 0 Å². The van der Waals surface area contributed by atoms with Gasteiger partial charge in [-0.1, -0.05) is 12.2 Å². The summed E-state index contributed by atoms with van der Waals surface area (Å²) >= 11 is 7.03. The topological polar surface area (TPSA) is 50.9 Å². The molecule has 0 spiro atoms. The zero-order valence-corrected chi connectivity index (χ0v) is 11.5. The summed E-state index contributed by atoms with van der Waals surface area (Å²) in [5, 5.41) is 3.43. The van der Waals surface area contributed by atoms with Gasteiger partial charge in [-0.15, -0.1) is 0 Å². The van der Waals surface area contributed by atoms with Crippen LogP contribution < -0.4 is 11.1 Å². The first-order valence-corrected chi connectivity index (χ1v) is 7.13. The molecule has 1 saturated heterocycles. The second-order valence-corrected chi connectivity index (χ2v) is 6.64. The van der Waals surface area contributed by atoms with Gasteiger partial charge in [-0.25, -0.2) is 0 Å². The number of rotatable bonds is 4. The van der Waals surface area contributed by atoms with Crippen molar-refractivity contribution in [1.29, 1.82) is 0 Å². The van der Waals surface area contributed by atoms with E-state index >= 15 is 0 Å². The molecular weight excluding hydrogens is 250 g/mol. The van der Waals surface area contributed by atoms with Gasteiger partial charge in [0.1, 0.15) is 10.7 Å². The van der Waals surface area contributed by atoms with Gasteiger partial charge >= 0.3 is 0 Å². The summed E-state index contributed by atoms with van der Waals surface area (Å²) < 4.78 is 0.323. The third-order valence-electron chi connectivity index (χ3n) is 2.99. The quantitative estimate of drug-likeness (QED) is 0.821. The number of nitrogens with zero attached hydrogens (tertiary/aromatic N) is 1. The second-order valence-electron chi connectivity index (χ2n) is 4.52. The SMILES string of the molecule is CC1(CNc2cccnc2C(N)=S)CCCS1. The summed E-state index contributed by atoms with van der Waals surface area (Å²) in [4.78, 5) is 4.56. The zero-order chi connectivity index (χ0) is 12.3. The molecule has 1 atom stereocenters. The molecule has 0 saturated carbocycles. The van der Waals surface area contributed by atoms with E-state index in [1.54, 1.807) is 6.20 Å². The Kier molecular flexibility index (Phi) is 3.89. The lowest BCUT2D eigenvalue weighted by molar-refractivity contribution is 0.634. The van der Waals surface area contributed by atoms with E-state index in [9.17, 15) is 0 Å². The molecule has 0 bridgehead atoms. The van der Waals surface area contributed by atoms with Crippen molar-refractivity contribution in [2.24, 2.45) is 5.73 Å². The van der Waals surface area contributed by atoms with E-state index < -0.39 is 0 Å². The maximum absolute atomic E-state index is 5.65. The van der Waals surface area contributed by atoms with Gasteiger partial charge in [0.05, 0.1) is 5.69 Å². The summed E-state index contributed by atoms with van der Waals surface area (Å²) in [6.07, 6.45) is 4.27. The van der Waals surface area contributed by atoms with Gasteiger partial charge in [0.2, 0.25) is 0 Å². The molecule has 0 aliphatic carbocycles. The van der Waals surface area contributed by atoms with E-state index in [2.05, 4.69) is 17.2 Å². The van der Waals surface area contributed by atoms with Crippen LogP contribution in [-0.4, -0.2) is 27.0 Å². The van der Waals surface area contributed by atoms with Crippen LogP contribution in [0.25, 0.3) is 0 Å². The second kappa shape index (κ2) is 5.23. The number of thioether (sulfide) groups is 1. The van der Waals surface area contributed by atoms with Crippen LogP contribution in [0.3, 0.4) is 0 Å². The molecule has 1 aliphatic rings. The molecule has 1 unspecified atom stereocenters. The van der Waals surface area contributed by atoms with E-state index in [1.165, 1.54) is 18.6 Å². The molecule has 1 aromatic rings. The minimum absolute atomic E-state index is 0.323. The molecule has 2 heterocycles. The van der Waals surface area contributed by atoms with Crippen LogP contribution in [0, 0.1) is 0 Å². The largest absolute Gasteiger partial charge is 0.388 e. The van der Waals surface area contributed by atoms with Gasteiger partial charge < -0.3 is 11.1 Å². The van der Waals surface area contributed by atoms with Crippen molar-refractivity contribution in [3.8, 4) is 0 Å². The molecule has 0 radical (unpaired) electrons. The van der Waals surface area contributed by atoms with Crippen LogP contribution in [-0.2, 0) is 0 Å². The van der Waals surface area contributed by atoms with Crippen LogP contribution in [0.4, 0.5) is 5.69 Å². The van der Waals surface area contributed by atoms with E-state index in [1.807, 2.05) is 23.9 Å². The lowest BCUT2D eigenvalue weighted by Gasteiger charge is -2.24. The summed E-state index contributed by atoms with van der Waals surface area (Å²) in [5.74, 6) is 1.26. The van der Waals surface area contributed by atoms with Crippen molar-refractivity contribution < 1.29 is 0 Å². The Hall–Kier alpha value is -0.810. The van der Waals surface area contributed by atoms with Crippen molar-refractivity contribution in [2.75, 3.05) is 17.6 Å². The van der Waals surface area contributed by atoms with Crippen molar-refractivity contribution in [2.45, 2.75) is 24.5 Å². The number of aromatic nitrogens is 1. The first-order chi connectivity index (χ1) is 8.11. The molecule has 92 valence electrons. The van der Waals surface area contributed by atoms with Gasteiger partial charge in [0, 0.05) is 17.5 Å². The van der Waals surface area contributed by atoms with Crippen LogP contribution in [0.5, 0.6) is 0 Å². The maximum atomic E-state index is 5.65. The summed E-state index contributed by atoms with van der Waals surface area (Å²) in [5.41, 5.74) is 7.28.